The largest absolute Gasteiger partial charge is 0.496 e. The van der Waals surface area contributed by atoms with Gasteiger partial charge in [-0.25, -0.2) is 5.43 Å². The molecule has 1 amide bonds. The Labute approximate surface area is 163 Å². The summed E-state index contributed by atoms with van der Waals surface area (Å²) in [6.07, 6.45) is 1.27. The lowest BCUT2D eigenvalue weighted by Crippen LogP contribution is -2.25. The number of nitro benzene ring substituents is 1. The maximum Gasteiger partial charge on any atom is 0.311 e. The fourth-order valence-electron chi connectivity index (χ4n) is 2.11. The molecule has 10 heteroatoms. The molecule has 0 saturated heterocycles. The van der Waals surface area contributed by atoms with Crippen LogP contribution in [0.1, 0.15) is 5.56 Å². The van der Waals surface area contributed by atoms with Crippen LogP contribution in [0.4, 0.5) is 11.4 Å². The zero-order valence-corrected chi connectivity index (χ0v) is 16.1. The minimum atomic E-state index is -0.573. The van der Waals surface area contributed by atoms with Crippen LogP contribution in [0.3, 0.4) is 0 Å². The first kappa shape index (κ1) is 20.2. The van der Waals surface area contributed by atoms with Gasteiger partial charge >= 0.3 is 5.69 Å². The molecule has 0 saturated carbocycles. The minimum Gasteiger partial charge on any atom is -0.496 e. The highest BCUT2D eigenvalue weighted by molar-refractivity contribution is 9.10. The molecule has 0 heterocycles. The summed E-state index contributed by atoms with van der Waals surface area (Å²) in [6.45, 7) is 0.0128. The molecule has 0 unspecified atom stereocenters. The fraction of sp³-hybridized carbons (Fsp3) is 0.176. The van der Waals surface area contributed by atoms with Crippen LogP contribution < -0.4 is 20.2 Å². The summed E-state index contributed by atoms with van der Waals surface area (Å²) >= 11 is 3.33. The number of rotatable bonds is 8. The Balaban J connectivity index is 2.02. The third-order valence-electron chi connectivity index (χ3n) is 3.42. The molecule has 2 rings (SSSR count). The van der Waals surface area contributed by atoms with Gasteiger partial charge in [-0.1, -0.05) is 15.9 Å². The molecule has 2 aromatic rings. The number of carbonyl (C=O) groups is 1. The zero-order chi connectivity index (χ0) is 19.8. The van der Waals surface area contributed by atoms with E-state index in [2.05, 4.69) is 31.8 Å². The van der Waals surface area contributed by atoms with Crippen molar-refractivity contribution >= 4 is 39.4 Å². The number of ether oxygens (including phenoxy) is 2. The van der Waals surface area contributed by atoms with Gasteiger partial charge in [0.05, 0.1) is 31.9 Å². The first-order valence-corrected chi connectivity index (χ1v) is 8.45. The van der Waals surface area contributed by atoms with Gasteiger partial charge in [-0.15, -0.1) is 0 Å². The van der Waals surface area contributed by atoms with Crippen LogP contribution in [0, 0.1) is 10.1 Å². The minimum absolute atomic E-state index is 0.0128. The van der Waals surface area contributed by atoms with Gasteiger partial charge in [-0.3, -0.25) is 14.9 Å². The van der Waals surface area contributed by atoms with Crippen molar-refractivity contribution in [2.45, 2.75) is 0 Å². The standard InChI is InChI=1S/C17H17BrN4O5/c1-26-15-8-16(27-2)14(22(24)25)7-11(15)9-20-21-17(23)10-19-13-5-3-12(18)4-6-13/h3-9,19H,10H2,1-2H3,(H,21,23)/b20-9-. The van der Waals surface area contributed by atoms with Crippen LogP contribution in [0.15, 0.2) is 46.0 Å². The summed E-state index contributed by atoms with van der Waals surface area (Å²) in [7, 11) is 2.74. The van der Waals surface area contributed by atoms with E-state index in [1.54, 1.807) is 0 Å². The first-order chi connectivity index (χ1) is 12.9. The van der Waals surface area contributed by atoms with E-state index < -0.39 is 4.92 Å². The molecule has 2 aromatic carbocycles. The molecule has 0 aliphatic carbocycles. The van der Waals surface area contributed by atoms with Crippen molar-refractivity contribution in [3.05, 3.63) is 56.5 Å². The lowest BCUT2D eigenvalue weighted by molar-refractivity contribution is -0.385. The van der Waals surface area contributed by atoms with Gasteiger partial charge in [0, 0.05) is 27.9 Å². The van der Waals surface area contributed by atoms with Crippen molar-refractivity contribution in [3.63, 3.8) is 0 Å². The predicted octanol–water partition coefficient (Wildman–Crippen LogP) is 2.94. The summed E-state index contributed by atoms with van der Waals surface area (Å²) in [4.78, 5) is 22.4. The molecule has 9 nitrogen and oxygen atoms in total. The number of nitrogens with one attached hydrogen (secondary N) is 2. The van der Waals surface area contributed by atoms with Gasteiger partial charge in [0.25, 0.3) is 5.91 Å². The monoisotopic (exact) mass is 436 g/mol. The molecule has 2 N–H and O–H groups in total. The van der Waals surface area contributed by atoms with E-state index in [0.29, 0.717) is 11.3 Å². The number of anilines is 1. The number of amides is 1. The third kappa shape index (κ3) is 5.68. The van der Waals surface area contributed by atoms with Crippen LogP contribution in [0.25, 0.3) is 0 Å². The number of nitrogens with zero attached hydrogens (tertiary/aromatic N) is 2. The Morgan fingerprint density at radius 3 is 2.48 bits per heavy atom. The lowest BCUT2D eigenvalue weighted by Gasteiger charge is -2.08. The lowest BCUT2D eigenvalue weighted by atomic mass is 10.1. The Morgan fingerprint density at radius 2 is 1.89 bits per heavy atom. The molecule has 0 aliphatic rings. The zero-order valence-electron chi connectivity index (χ0n) is 14.6. The number of hydrazone groups is 1. The maximum absolute atomic E-state index is 11.8. The summed E-state index contributed by atoms with van der Waals surface area (Å²) in [5.41, 5.74) is 3.22. The number of halogens is 1. The van der Waals surface area contributed by atoms with E-state index in [0.717, 1.165) is 10.2 Å². The number of methoxy groups -OCH3 is 2. The summed E-state index contributed by atoms with van der Waals surface area (Å²) in [5, 5.41) is 17.9. The summed E-state index contributed by atoms with van der Waals surface area (Å²) in [6, 6.07) is 9.98. The predicted molar refractivity (Wildman–Crippen MR) is 105 cm³/mol. The number of hydrogen-bond donors (Lipinski definition) is 2. The third-order valence-corrected chi connectivity index (χ3v) is 3.95. The quantitative estimate of drug-likeness (QED) is 0.373. The van der Waals surface area contributed by atoms with E-state index in [9.17, 15) is 14.9 Å². The Bertz CT molecular complexity index is 855. The molecule has 27 heavy (non-hydrogen) atoms. The molecule has 0 spiro atoms. The highest BCUT2D eigenvalue weighted by atomic mass is 79.9. The highest BCUT2D eigenvalue weighted by Gasteiger charge is 2.18. The van der Waals surface area contributed by atoms with E-state index >= 15 is 0 Å². The molecule has 0 aliphatic heterocycles. The number of nitro groups is 1. The van der Waals surface area contributed by atoms with Crippen LogP contribution in [-0.2, 0) is 4.79 Å². The summed E-state index contributed by atoms with van der Waals surface area (Å²) < 4.78 is 11.1. The van der Waals surface area contributed by atoms with Crippen molar-refractivity contribution in [2.75, 3.05) is 26.1 Å². The van der Waals surface area contributed by atoms with Gasteiger partial charge in [0.15, 0.2) is 0 Å². The molecule has 142 valence electrons. The molecule has 0 atom stereocenters. The second-order valence-corrected chi connectivity index (χ2v) is 6.09. The van der Waals surface area contributed by atoms with Crippen molar-refractivity contribution in [1.29, 1.82) is 0 Å². The first-order valence-electron chi connectivity index (χ1n) is 7.66. The normalized spacial score (nSPS) is 10.5. The van der Waals surface area contributed by atoms with Gasteiger partial charge in [-0.2, -0.15) is 5.10 Å². The molecule has 0 aromatic heterocycles. The highest BCUT2D eigenvalue weighted by Crippen LogP contribution is 2.33. The number of benzene rings is 2. The Hall–Kier alpha value is -3.14. The van der Waals surface area contributed by atoms with Crippen LogP contribution in [-0.4, -0.2) is 37.8 Å². The van der Waals surface area contributed by atoms with E-state index in [-0.39, 0.29) is 23.9 Å². The van der Waals surface area contributed by atoms with Crippen LogP contribution >= 0.6 is 15.9 Å². The van der Waals surface area contributed by atoms with Crippen LogP contribution in [0.5, 0.6) is 11.5 Å². The van der Waals surface area contributed by atoms with Crippen LogP contribution in [0.2, 0.25) is 0 Å². The fourth-order valence-corrected chi connectivity index (χ4v) is 2.38. The van der Waals surface area contributed by atoms with E-state index in [1.807, 2.05) is 24.3 Å². The average Bonchev–Trinajstić information content (AvgIpc) is 2.67. The van der Waals surface area contributed by atoms with Crippen molar-refractivity contribution in [3.8, 4) is 11.5 Å². The topological polar surface area (TPSA) is 115 Å². The van der Waals surface area contributed by atoms with Crippen molar-refractivity contribution < 1.29 is 19.2 Å². The average molecular weight is 437 g/mol. The van der Waals surface area contributed by atoms with Crippen molar-refractivity contribution in [1.82, 2.24) is 5.43 Å². The SMILES string of the molecule is COc1cc(OC)c([N+](=O)[O-])cc1/C=N\NC(=O)CNc1ccc(Br)cc1. The van der Waals surface area contributed by atoms with Gasteiger partial charge < -0.3 is 14.8 Å². The molecular weight excluding hydrogens is 420 g/mol. The second-order valence-electron chi connectivity index (χ2n) is 5.18. The second kappa shape index (κ2) is 9.53. The van der Waals surface area contributed by atoms with E-state index in [1.165, 1.54) is 32.6 Å². The van der Waals surface area contributed by atoms with Gasteiger partial charge in [0.2, 0.25) is 5.75 Å². The van der Waals surface area contributed by atoms with Gasteiger partial charge in [-0.05, 0) is 24.3 Å². The number of hydrogen-bond acceptors (Lipinski definition) is 7. The van der Waals surface area contributed by atoms with Gasteiger partial charge in [0.1, 0.15) is 5.75 Å². The van der Waals surface area contributed by atoms with E-state index in [4.69, 9.17) is 9.47 Å². The molecule has 0 radical (unpaired) electrons. The Kier molecular flexibility index (Phi) is 7.12. The smallest absolute Gasteiger partial charge is 0.311 e. The molecule has 0 fully saturated rings. The molecule has 0 bridgehead atoms. The number of carbonyl (C=O) groups excluding carboxylic acids is 1. The summed E-state index contributed by atoms with van der Waals surface area (Å²) in [5.74, 6) is 0.0105. The van der Waals surface area contributed by atoms with Crippen molar-refractivity contribution in [2.24, 2.45) is 5.10 Å². The maximum atomic E-state index is 11.8. The molecular formula is C17H17BrN4O5. The Morgan fingerprint density at radius 1 is 1.22 bits per heavy atom.